The maximum atomic E-state index is 12.8. The number of halogens is 1. The topological polar surface area (TPSA) is 61.8 Å². The Balaban J connectivity index is 3.23. The summed E-state index contributed by atoms with van der Waals surface area (Å²) in [5.74, 6) is -0.509. The Labute approximate surface area is 139 Å². The standard InChI is InChI=1S/C15H20BrO5P/c1-5-19-22(18,20-6-2)11(3)15(21-12(4)17)13-8-7-9-14(16)10-13/h7-10,15H,3,5-6H2,1-2,4H3. The van der Waals surface area contributed by atoms with Crippen molar-refractivity contribution < 1.29 is 23.1 Å². The lowest BCUT2D eigenvalue weighted by Gasteiger charge is -2.25. The molecule has 1 atom stereocenters. The maximum absolute atomic E-state index is 12.8. The summed E-state index contributed by atoms with van der Waals surface area (Å²) >= 11 is 3.36. The molecule has 5 nitrogen and oxygen atoms in total. The van der Waals surface area contributed by atoms with Crippen LogP contribution in [-0.2, 0) is 23.1 Å². The molecule has 0 bridgehead atoms. The third kappa shape index (κ3) is 5.06. The molecule has 22 heavy (non-hydrogen) atoms. The van der Waals surface area contributed by atoms with Gasteiger partial charge in [-0.2, -0.15) is 0 Å². The minimum atomic E-state index is -3.59. The van der Waals surface area contributed by atoms with Crippen LogP contribution < -0.4 is 0 Å². The Morgan fingerprint density at radius 3 is 2.36 bits per heavy atom. The van der Waals surface area contributed by atoms with Crippen molar-refractivity contribution in [2.75, 3.05) is 13.2 Å². The highest BCUT2D eigenvalue weighted by Gasteiger charge is 2.36. The van der Waals surface area contributed by atoms with Gasteiger partial charge in [-0.1, -0.05) is 34.6 Å². The van der Waals surface area contributed by atoms with E-state index in [2.05, 4.69) is 22.5 Å². The zero-order valence-electron chi connectivity index (χ0n) is 12.9. The van der Waals surface area contributed by atoms with Crippen molar-refractivity contribution in [3.05, 3.63) is 46.2 Å². The SMILES string of the molecule is C=C(C(OC(C)=O)c1cccc(Br)c1)P(=O)(OCC)OCC. The van der Waals surface area contributed by atoms with E-state index in [0.717, 1.165) is 4.47 Å². The molecular weight excluding hydrogens is 371 g/mol. The lowest BCUT2D eigenvalue weighted by molar-refractivity contribution is -0.144. The molecule has 0 fully saturated rings. The van der Waals surface area contributed by atoms with Crippen LogP contribution in [0, 0.1) is 0 Å². The Kier molecular flexibility index (Phi) is 7.49. The first-order chi connectivity index (χ1) is 10.3. The van der Waals surface area contributed by atoms with Crippen LogP contribution in [0.25, 0.3) is 0 Å². The largest absolute Gasteiger partial charge is 0.452 e. The zero-order chi connectivity index (χ0) is 16.8. The van der Waals surface area contributed by atoms with Crippen molar-refractivity contribution in [3.63, 3.8) is 0 Å². The molecule has 0 amide bonds. The Hall–Kier alpha value is -0.940. The lowest BCUT2D eigenvalue weighted by atomic mass is 10.1. The fourth-order valence-corrected chi connectivity index (χ4v) is 3.84. The molecule has 1 aromatic carbocycles. The van der Waals surface area contributed by atoms with E-state index >= 15 is 0 Å². The number of hydrogen-bond acceptors (Lipinski definition) is 5. The van der Waals surface area contributed by atoms with Gasteiger partial charge in [0, 0.05) is 11.4 Å². The van der Waals surface area contributed by atoms with Crippen molar-refractivity contribution >= 4 is 29.5 Å². The van der Waals surface area contributed by atoms with Crippen molar-refractivity contribution in [1.29, 1.82) is 0 Å². The van der Waals surface area contributed by atoms with Crippen molar-refractivity contribution in [2.24, 2.45) is 0 Å². The van der Waals surface area contributed by atoms with Gasteiger partial charge in [0.05, 0.1) is 18.5 Å². The minimum Gasteiger partial charge on any atom is -0.452 e. The highest BCUT2D eigenvalue weighted by Crippen LogP contribution is 2.60. The van der Waals surface area contributed by atoms with E-state index in [1.54, 1.807) is 32.0 Å². The van der Waals surface area contributed by atoms with Crippen LogP contribution >= 0.6 is 23.5 Å². The summed E-state index contributed by atoms with van der Waals surface area (Å²) in [6.45, 7) is 8.91. The second-order valence-corrected chi connectivity index (χ2v) is 7.37. The Morgan fingerprint density at radius 1 is 1.32 bits per heavy atom. The fourth-order valence-electron chi connectivity index (χ4n) is 1.85. The van der Waals surface area contributed by atoms with Crippen LogP contribution in [0.4, 0.5) is 0 Å². The molecule has 1 rings (SSSR count). The molecule has 0 saturated carbocycles. The molecule has 0 saturated heterocycles. The predicted molar refractivity (Wildman–Crippen MR) is 88.6 cm³/mol. The van der Waals surface area contributed by atoms with Gasteiger partial charge in [-0.25, -0.2) is 0 Å². The minimum absolute atomic E-state index is 0.101. The number of hydrogen-bond donors (Lipinski definition) is 0. The summed E-state index contributed by atoms with van der Waals surface area (Å²) in [7, 11) is -3.59. The van der Waals surface area contributed by atoms with Crippen LogP contribution in [0.1, 0.15) is 32.4 Å². The maximum Gasteiger partial charge on any atom is 0.360 e. The van der Waals surface area contributed by atoms with E-state index in [1.807, 2.05) is 6.07 Å². The molecule has 0 aliphatic carbocycles. The second-order valence-electron chi connectivity index (χ2n) is 4.37. The molecule has 1 aromatic rings. The summed E-state index contributed by atoms with van der Waals surface area (Å²) in [6.07, 6.45) is -0.904. The first kappa shape index (κ1) is 19.1. The molecule has 0 spiro atoms. The monoisotopic (exact) mass is 390 g/mol. The Bertz CT molecular complexity index is 577. The van der Waals surface area contributed by atoms with Crippen molar-refractivity contribution in [1.82, 2.24) is 0 Å². The number of carbonyl (C=O) groups is 1. The van der Waals surface area contributed by atoms with Gasteiger partial charge in [0.15, 0.2) is 6.10 Å². The molecular formula is C15H20BrO5P. The number of rotatable bonds is 8. The average molecular weight is 391 g/mol. The van der Waals surface area contributed by atoms with Crippen molar-refractivity contribution in [2.45, 2.75) is 26.9 Å². The number of ether oxygens (including phenoxy) is 1. The van der Waals surface area contributed by atoms with E-state index in [9.17, 15) is 9.36 Å². The molecule has 0 N–H and O–H groups in total. The van der Waals surface area contributed by atoms with E-state index in [-0.39, 0.29) is 18.5 Å². The van der Waals surface area contributed by atoms with Gasteiger partial charge in [-0.15, -0.1) is 0 Å². The molecule has 122 valence electrons. The smallest absolute Gasteiger partial charge is 0.360 e. The average Bonchev–Trinajstić information content (AvgIpc) is 2.44. The van der Waals surface area contributed by atoms with Gasteiger partial charge in [0.1, 0.15) is 0 Å². The van der Waals surface area contributed by atoms with Gasteiger partial charge in [0.25, 0.3) is 0 Å². The van der Waals surface area contributed by atoms with E-state index in [0.29, 0.717) is 5.56 Å². The summed E-state index contributed by atoms with van der Waals surface area (Å²) in [5, 5.41) is 0.101. The first-order valence-corrected chi connectivity index (χ1v) is 9.18. The molecule has 0 radical (unpaired) electrons. The predicted octanol–water partition coefficient (Wildman–Crippen LogP) is 4.83. The van der Waals surface area contributed by atoms with Crippen LogP contribution in [0.15, 0.2) is 40.6 Å². The van der Waals surface area contributed by atoms with Crippen LogP contribution in [0.3, 0.4) is 0 Å². The van der Waals surface area contributed by atoms with Gasteiger partial charge >= 0.3 is 13.6 Å². The molecule has 0 heterocycles. The Morgan fingerprint density at radius 2 is 1.91 bits per heavy atom. The van der Waals surface area contributed by atoms with Crippen molar-refractivity contribution in [3.8, 4) is 0 Å². The molecule has 0 aliphatic rings. The van der Waals surface area contributed by atoms with Crippen LogP contribution in [0.2, 0.25) is 0 Å². The number of esters is 1. The van der Waals surface area contributed by atoms with E-state index in [4.69, 9.17) is 13.8 Å². The van der Waals surface area contributed by atoms with Gasteiger partial charge in [0.2, 0.25) is 0 Å². The molecule has 7 heteroatoms. The second kappa shape index (κ2) is 8.63. The highest BCUT2D eigenvalue weighted by atomic mass is 79.9. The molecule has 0 aromatic heterocycles. The van der Waals surface area contributed by atoms with Gasteiger partial charge < -0.3 is 13.8 Å². The summed E-state index contributed by atoms with van der Waals surface area (Å²) in [4.78, 5) is 11.4. The number of carbonyl (C=O) groups excluding carboxylic acids is 1. The quantitative estimate of drug-likeness (QED) is 0.469. The summed E-state index contributed by atoms with van der Waals surface area (Å²) in [6, 6.07) is 7.14. The van der Waals surface area contributed by atoms with Crippen LogP contribution in [0.5, 0.6) is 0 Å². The van der Waals surface area contributed by atoms with Gasteiger partial charge in [-0.05, 0) is 31.5 Å². The van der Waals surface area contributed by atoms with E-state index in [1.165, 1.54) is 6.92 Å². The normalized spacial score (nSPS) is 12.7. The van der Waals surface area contributed by atoms with Gasteiger partial charge in [-0.3, -0.25) is 9.36 Å². The third-order valence-electron chi connectivity index (χ3n) is 2.69. The highest BCUT2D eigenvalue weighted by molar-refractivity contribution is 9.10. The number of benzene rings is 1. The summed E-state index contributed by atoms with van der Waals surface area (Å²) in [5.41, 5.74) is 0.634. The third-order valence-corrected chi connectivity index (χ3v) is 5.32. The van der Waals surface area contributed by atoms with E-state index < -0.39 is 19.7 Å². The fraction of sp³-hybridized carbons (Fsp3) is 0.400. The molecule has 1 unspecified atom stereocenters. The molecule has 0 aliphatic heterocycles. The lowest BCUT2D eigenvalue weighted by Crippen LogP contribution is -2.13. The zero-order valence-corrected chi connectivity index (χ0v) is 15.4. The first-order valence-electron chi connectivity index (χ1n) is 6.85. The van der Waals surface area contributed by atoms with Crippen LogP contribution in [-0.4, -0.2) is 19.2 Å². The summed E-state index contributed by atoms with van der Waals surface area (Å²) < 4.78 is 29.5.